The van der Waals surface area contributed by atoms with Gasteiger partial charge in [-0.3, -0.25) is 4.79 Å². The van der Waals surface area contributed by atoms with Crippen molar-refractivity contribution in [1.82, 2.24) is 15.5 Å². The molecule has 20 heavy (non-hydrogen) atoms. The highest BCUT2D eigenvalue weighted by Gasteiger charge is 2.23. The van der Waals surface area contributed by atoms with Crippen LogP contribution in [0.2, 0.25) is 0 Å². The molecule has 116 valence electrons. The third kappa shape index (κ3) is 5.87. The fraction of sp³-hybridized carbons (Fsp3) is 0.750. The van der Waals surface area contributed by atoms with Crippen LogP contribution in [0.1, 0.15) is 20.8 Å². The first kappa shape index (κ1) is 18.2. The van der Waals surface area contributed by atoms with Crippen molar-refractivity contribution in [2.75, 3.05) is 26.8 Å². The zero-order valence-electron chi connectivity index (χ0n) is 12.3. The molecule has 0 bridgehead atoms. The second kappa shape index (κ2) is 9.13. The predicted molar refractivity (Wildman–Crippen MR) is 72.4 cm³/mol. The van der Waals surface area contributed by atoms with Gasteiger partial charge in [-0.25, -0.2) is 9.59 Å². The number of hydrogen-bond acceptors (Lipinski definition) is 4. The van der Waals surface area contributed by atoms with Gasteiger partial charge < -0.3 is 25.4 Å². The van der Waals surface area contributed by atoms with Crippen LogP contribution in [0.15, 0.2) is 0 Å². The second-order valence-corrected chi connectivity index (χ2v) is 4.20. The van der Waals surface area contributed by atoms with Gasteiger partial charge in [0, 0.05) is 20.2 Å². The molecular formula is C12H23N3O5. The Morgan fingerprint density at radius 3 is 2.15 bits per heavy atom. The molecule has 0 aliphatic carbocycles. The van der Waals surface area contributed by atoms with Crippen molar-refractivity contribution in [3.63, 3.8) is 0 Å². The molecule has 2 atom stereocenters. The van der Waals surface area contributed by atoms with Crippen LogP contribution >= 0.6 is 0 Å². The summed E-state index contributed by atoms with van der Waals surface area (Å²) in [6.45, 7) is 6.17. The number of nitrogens with one attached hydrogen (secondary N) is 2. The number of urea groups is 1. The van der Waals surface area contributed by atoms with Gasteiger partial charge >= 0.3 is 12.0 Å². The zero-order chi connectivity index (χ0) is 15.7. The third-order valence-electron chi connectivity index (χ3n) is 2.73. The maximum atomic E-state index is 11.9. The number of ether oxygens (including phenoxy) is 1. The molecule has 0 rings (SSSR count). The number of nitrogens with zero attached hydrogens (tertiary/aromatic N) is 1. The fourth-order valence-electron chi connectivity index (χ4n) is 1.61. The Bertz CT molecular complexity index is 344. The summed E-state index contributed by atoms with van der Waals surface area (Å²) in [5, 5.41) is 13.5. The Labute approximate surface area is 118 Å². The summed E-state index contributed by atoms with van der Waals surface area (Å²) < 4.78 is 4.69. The molecular weight excluding hydrogens is 266 g/mol. The van der Waals surface area contributed by atoms with Gasteiger partial charge in [-0.1, -0.05) is 0 Å². The topological polar surface area (TPSA) is 108 Å². The van der Waals surface area contributed by atoms with Gasteiger partial charge in [0.25, 0.3) is 0 Å². The van der Waals surface area contributed by atoms with E-state index in [2.05, 4.69) is 10.6 Å². The van der Waals surface area contributed by atoms with E-state index in [1.54, 1.807) is 11.8 Å². The minimum absolute atomic E-state index is 0.152. The number of likely N-dealkylation sites (N-methyl/N-ethyl adjacent to an activating group) is 1. The zero-order valence-corrected chi connectivity index (χ0v) is 12.3. The lowest BCUT2D eigenvalue weighted by atomic mass is 10.3. The molecule has 0 saturated heterocycles. The first-order chi connectivity index (χ1) is 9.37. The molecule has 0 radical (unpaired) electrons. The van der Waals surface area contributed by atoms with Crippen molar-refractivity contribution in [3.8, 4) is 0 Å². The lowest BCUT2D eigenvalue weighted by Gasteiger charge is -2.24. The van der Waals surface area contributed by atoms with Crippen LogP contribution in [0.3, 0.4) is 0 Å². The molecule has 0 saturated carbocycles. The van der Waals surface area contributed by atoms with E-state index in [1.165, 1.54) is 7.11 Å². The minimum atomic E-state index is -1.20. The molecule has 2 unspecified atom stereocenters. The molecule has 3 amide bonds. The van der Waals surface area contributed by atoms with Crippen molar-refractivity contribution in [2.24, 2.45) is 0 Å². The molecule has 0 aromatic carbocycles. The summed E-state index contributed by atoms with van der Waals surface area (Å²) in [5.74, 6) is -1.42. The van der Waals surface area contributed by atoms with E-state index in [0.29, 0.717) is 13.1 Å². The SMILES string of the molecule is CCN(CC)C(=O)C(C)NC(=O)NC(COC)C(=O)O. The van der Waals surface area contributed by atoms with E-state index >= 15 is 0 Å². The van der Waals surface area contributed by atoms with Gasteiger partial charge in [0.2, 0.25) is 5.91 Å². The Morgan fingerprint density at radius 2 is 1.75 bits per heavy atom. The van der Waals surface area contributed by atoms with E-state index < -0.39 is 24.1 Å². The number of methoxy groups -OCH3 is 1. The summed E-state index contributed by atoms with van der Waals surface area (Å²) >= 11 is 0. The standard InChI is InChI=1S/C12H23N3O5/c1-5-15(6-2)10(16)8(3)13-12(19)14-9(7-20-4)11(17)18/h8-9H,5-7H2,1-4H3,(H,17,18)(H2,13,14,19). The van der Waals surface area contributed by atoms with Crippen LogP contribution in [0, 0.1) is 0 Å². The summed E-state index contributed by atoms with van der Waals surface area (Å²) in [6.07, 6.45) is 0. The molecule has 0 aromatic heterocycles. The molecule has 0 heterocycles. The quantitative estimate of drug-likeness (QED) is 0.565. The number of amides is 3. The molecule has 8 heteroatoms. The van der Waals surface area contributed by atoms with E-state index in [1.807, 2.05) is 13.8 Å². The Hall–Kier alpha value is -1.83. The maximum Gasteiger partial charge on any atom is 0.328 e. The van der Waals surface area contributed by atoms with E-state index in [-0.39, 0.29) is 12.5 Å². The van der Waals surface area contributed by atoms with Crippen LogP contribution in [0.25, 0.3) is 0 Å². The summed E-state index contributed by atoms with van der Waals surface area (Å²) in [4.78, 5) is 36.0. The van der Waals surface area contributed by atoms with Crippen molar-refractivity contribution in [3.05, 3.63) is 0 Å². The molecule has 0 aliphatic rings. The monoisotopic (exact) mass is 289 g/mol. The highest BCUT2D eigenvalue weighted by Crippen LogP contribution is 1.95. The third-order valence-corrected chi connectivity index (χ3v) is 2.73. The molecule has 0 spiro atoms. The first-order valence-electron chi connectivity index (χ1n) is 6.44. The van der Waals surface area contributed by atoms with Gasteiger partial charge in [-0.15, -0.1) is 0 Å². The number of aliphatic carboxylic acids is 1. The van der Waals surface area contributed by atoms with Crippen molar-refractivity contribution in [2.45, 2.75) is 32.9 Å². The van der Waals surface area contributed by atoms with Crippen molar-refractivity contribution >= 4 is 17.9 Å². The fourth-order valence-corrected chi connectivity index (χ4v) is 1.61. The average Bonchev–Trinajstić information content (AvgIpc) is 2.39. The van der Waals surface area contributed by atoms with Gasteiger partial charge in [0.1, 0.15) is 6.04 Å². The smallest absolute Gasteiger partial charge is 0.328 e. The van der Waals surface area contributed by atoms with Gasteiger partial charge in [-0.2, -0.15) is 0 Å². The van der Waals surface area contributed by atoms with Crippen LogP contribution < -0.4 is 10.6 Å². The predicted octanol–water partition coefficient (Wildman–Crippen LogP) is -0.358. The molecule has 3 N–H and O–H groups in total. The molecule has 0 fully saturated rings. The van der Waals surface area contributed by atoms with Crippen LogP contribution in [0.4, 0.5) is 4.79 Å². The van der Waals surface area contributed by atoms with Crippen molar-refractivity contribution < 1.29 is 24.2 Å². The van der Waals surface area contributed by atoms with Gasteiger partial charge in [-0.05, 0) is 20.8 Å². The number of rotatable bonds is 8. The second-order valence-electron chi connectivity index (χ2n) is 4.20. The van der Waals surface area contributed by atoms with Crippen molar-refractivity contribution in [1.29, 1.82) is 0 Å². The van der Waals surface area contributed by atoms with E-state index in [0.717, 1.165) is 0 Å². The van der Waals surface area contributed by atoms with Crippen LogP contribution in [0.5, 0.6) is 0 Å². The number of carbonyl (C=O) groups excluding carboxylic acids is 2. The Balaban J connectivity index is 4.44. The number of hydrogen-bond donors (Lipinski definition) is 3. The summed E-state index contributed by atoms with van der Waals surface area (Å²) in [5.41, 5.74) is 0. The summed E-state index contributed by atoms with van der Waals surface area (Å²) in [6, 6.07) is -2.61. The molecule has 0 aliphatic heterocycles. The first-order valence-corrected chi connectivity index (χ1v) is 6.44. The highest BCUT2D eigenvalue weighted by molar-refractivity contribution is 5.88. The van der Waals surface area contributed by atoms with Crippen LogP contribution in [-0.4, -0.2) is 66.8 Å². The Morgan fingerprint density at radius 1 is 1.20 bits per heavy atom. The lowest BCUT2D eigenvalue weighted by molar-refractivity contribution is -0.140. The number of carboxylic acid groups (broad SMARTS) is 1. The normalized spacial score (nSPS) is 13.2. The Kier molecular flexibility index (Phi) is 8.30. The minimum Gasteiger partial charge on any atom is -0.480 e. The summed E-state index contributed by atoms with van der Waals surface area (Å²) in [7, 11) is 1.34. The molecule has 0 aromatic rings. The van der Waals surface area contributed by atoms with Gasteiger partial charge in [0.15, 0.2) is 6.04 Å². The molecule has 8 nitrogen and oxygen atoms in total. The lowest BCUT2D eigenvalue weighted by Crippen LogP contribution is -2.53. The maximum absolute atomic E-state index is 11.9. The van der Waals surface area contributed by atoms with E-state index in [4.69, 9.17) is 9.84 Å². The number of carbonyl (C=O) groups is 3. The largest absolute Gasteiger partial charge is 0.480 e. The van der Waals surface area contributed by atoms with E-state index in [9.17, 15) is 14.4 Å². The highest BCUT2D eigenvalue weighted by atomic mass is 16.5. The average molecular weight is 289 g/mol. The van der Waals surface area contributed by atoms with Crippen LogP contribution in [-0.2, 0) is 14.3 Å². The number of carboxylic acids is 1. The van der Waals surface area contributed by atoms with Gasteiger partial charge in [0.05, 0.1) is 6.61 Å².